The second-order valence-electron chi connectivity index (χ2n) is 4.95. The van der Waals surface area contributed by atoms with Gasteiger partial charge in [0.25, 0.3) is 0 Å². The molecule has 1 heterocycles. The molecule has 0 radical (unpaired) electrons. The zero-order valence-electron chi connectivity index (χ0n) is 10.8. The molecule has 0 spiro atoms. The molecule has 2 rings (SSSR count). The van der Waals surface area contributed by atoms with Crippen molar-refractivity contribution in [3.8, 4) is 0 Å². The number of aryl methyl sites for hydroxylation is 2. The maximum absolute atomic E-state index is 12.4. The van der Waals surface area contributed by atoms with E-state index in [4.69, 9.17) is 0 Å². The van der Waals surface area contributed by atoms with Crippen molar-refractivity contribution in [1.29, 1.82) is 0 Å². The number of benzene rings is 1. The highest BCUT2D eigenvalue weighted by Crippen LogP contribution is 2.14. The Kier molecular flexibility index (Phi) is 3.60. The highest BCUT2D eigenvalue weighted by molar-refractivity contribution is 6.01. The third-order valence-corrected chi connectivity index (χ3v) is 3.35. The monoisotopic (exact) mass is 232 g/mol. The summed E-state index contributed by atoms with van der Waals surface area (Å²) in [5, 5.41) is 3.30. The lowest BCUT2D eigenvalue weighted by molar-refractivity contribution is 0.0893. The summed E-state index contributed by atoms with van der Waals surface area (Å²) < 4.78 is 0. The van der Waals surface area contributed by atoms with Crippen molar-refractivity contribution in [2.24, 2.45) is 0 Å². The Balaban J connectivity index is 2.21. The quantitative estimate of drug-likeness (QED) is 0.782. The van der Waals surface area contributed by atoms with Gasteiger partial charge in [0.1, 0.15) is 0 Å². The lowest BCUT2D eigenvalue weighted by atomic mass is 9.96. The Hall–Kier alpha value is -1.19. The summed E-state index contributed by atoms with van der Waals surface area (Å²) in [6.45, 7) is 6.72. The third kappa shape index (κ3) is 2.73. The first-order valence-electron chi connectivity index (χ1n) is 6.11. The minimum atomic E-state index is -0.0609. The molecule has 1 unspecified atom stereocenters. The van der Waals surface area contributed by atoms with Crippen LogP contribution >= 0.6 is 0 Å². The van der Waals surface area contributed by atoms with Gasteiger partial charge in [-0.1, -0.05) is 17.7 Å². The van der Waals surface area contributed by atoms with E-state index in [1.54, 1.807) is 0 Å². The second kappa shape index (κ2) is 4.98. The van der Waals surface area contributed by atoms with Crippen LogP contribution in [0.3, 0.4) is 0 Å². The molecule has 1 aliphatic rings. The van der Waals surface area contributed by atoms with Gasteiger partial charge in [0, 0.05) is 25.2 Å². The standard InChI is InChI=1S/C14H20N2O/c1-10-4-5-11(2)12(8-10)14(17)13-9-16(3)7-6-15-13/h4-5,8,13,15H,6-7,9H2,1-3H3. The molecule has 3 heteroatoms. The van der Waals surface area contributed by atoms with E-state index in [1.165, 1.54) is 0 Å². The second-order valence-corrected chi connectivity index (χ2v) is 4.95. The van der Waals surface area contributed by atoms with Crippen molar-refractivity contribution >= 4 is 5.78 Å². The molecule has 0 amide bonds. The Morgan fingerprint density at radius 1 is 1.41 bits per heavy atom. The van der Waals surface area contributed by atoms with Gasteiger partial charge in [0.15, 0.2) is 5.78 Å². The normalized spacial score (nSPS) is 21.5. The van der Waals surface area contributed by atoms with Crippen molar-refractivity contribution in [3.05, 3.63) is 34.9 Å². The van der Waals surface area contributed by atoms with Gasteiger partial charge in [-0.3, -0.25) is 4.79 Å². The summed E-state index contributed by atoms with van der Waals surface area (Å²) in [6, 6.07) is 6.00. The number of nitrogens with one attached hydrogen (secondary N) is 1. The number of hydrogen-bond acceptors (Lipinski definition) is 3. The Morgan fingerprint density at radius 3 is 2.88 bits per heavy atom. The first-order valence-corrected chi connectivity index (χ1v) is 6.11. The number of piperazine rings is 1. The van der Waals surface area contributed by atoms with Crippen LogP contribution in [0.2, 0.25) is 0 Å². The van der Waals surface area contributed by atoms with Crippen LogP contribution in [0.1, 0.15) is 21.5 Å². The summed E-state index contributed by atoms with van der Waals surface area (Å²) >= 11 is 0. The maximum Gasteiger partial charge on any atom is 0.181 e. The molecule has 92 valence electrons. The van der Waals surface area contributed by atoms with E-state index in [9.17, 15) is 4.79 Å². The molecule has 1 saturated heterocycles. The fourth-order valence-electron chi connectivity index (χ4n) is 2.26. The van der Waals surface area contributed by atoms with Crippen molar-refractivity contribution in [1.82, 2.24) is 10.2 Å². The highest BCUT2D eigenvalue weighted by Gasteiger charge is 2.25. The molecule has 1 fully saturated rings. The van der Waals surface area contributed by atoms with Crippen LogP contribution in [0.4, 0.5) is 0 Å². The molecule has 0 aromatic heterocycles. The molecule has 0 saturated carbocycles. The van der Waals surface area contributed by atoms with E-state index in [2.05, 4.69) is 17.3 Å². The lowest BCUT2D eigenvalue weighted by Gasteiger charge is -2.30. The van der Waals surface area contributed by atoms with Crippen LogP contribution in [-0.2, 0) is 0 Å². The largest absolute Gasteiger partial charge is 0.305 e. The third-order valence-electron chi connectivity index (χ3n) is 3.35. The summed E-state index contributed by atoms with van der Waals surface area (Å²) in [7, 11) is 2.06. The van der Waals surface area contributed by atoms with Crippen LogP contribution in [0.15, 0.2) is 18.2 Å². The van der Waals surface area contributed by atoms with E-state index in [-0.39, 0.29) is 11.8 Å². The number of Topliss-reactive ketones (excluding diaryl/α,β-unsaturated/α-hetero) is 1. The molecule has 17 heavy (non-hydrogen) atoms. The first-order chi connectivity index (χ1) is 8.08. The van der Waals surface area contributed by atoms with Gasteiger partial charge in [-0.05, 0) is 32.5 Å². The molecule has 1 aliphatic heterocycles. The number of carbonyl (C=O) groups is 1. The number of likely N-dealkylation sites (N-methyl/N-ethyl adjacent to an activating group) is 1. The van der Waals surface area contributed by atoms with Crippen molar-refractivity contribution in [3.63, 3.8) is 0 Å². The number of ketones is 1. The highest BCUT2D eigenvalue weighted by atomic mass is 16.1. The molecular formula is C14H20N2O. The summed E-state index contributed by atoms with van der Waals surface area (Å²) in [5.41, 5.74) is 3.07. The van der Waals surface area contributed by atoms with E-state index in [0.29, 0.717) is 0 Å². The molecule has 1 aromatic carbocycles. The zero-order valence-corrected chi connectivity index (χ0v) is 10.8. The predicted molar refractivity (Wildman–Crippen MR) is 69.5 cm³/mol. The minimum Gasteiger partial charge on any atom is -0.305 e. The molecule has 0 bridgehead atoms. The van der Waals surface area contributed by atoms with Crippen LogP contribution in [0.5, 0.6) is 0 Å². The fraction of sp³-hybridized carbons (Fsp3) is 0.500. The number of hydrogen-bond donors (Lipinski definition) is 1. The number of rotatable bonds is 2. The van der Waals surface area contributed by atoms with Crippen molar-refractivity contribution in [2.75, 3.05) is 26.7 Å². The maximum atomic E-state index is 12.4. The van der Waals surface area contributed by atoms with Crippen LogP contribution in [0, 0.1) is 13.8 Å². The average molecular weight is 232 g/mol. The molecule has 0 aliphatic carbocycles. The predicted octanol–water partition coefficient (Wildman–Crippen LogP) is 1.39. The molecular weight excluding hydrogens is 212 g/mol. The molecule has 1 N–H and O–H groups in total. The van der Waals surface area contributed by atoms with E-state index in [0.717, 1.165) is 36.3 Å². The summed E-state index contributed by atoms with van der Waals surface area (Å²) in [4.78, 5) is 14.6. The van der Waals surface area contributed by atoms with Crippen LogP contribution in [0.25, 0.3) is 0 Å². The Bertz CT molecular complexity index is 428. The lowest BCUT2D eigenvalue weighted by Crippen LogP contribution is -2.52. The van der Waals surface area contributed by atoms with Gasteiger partial charge >= 0.3 is 0 Å². The van der Waals surface area contributed by atoms with Crippen LogP contribution < -0.4 is 5.32 Å². The Labute approximate surface area is 103 Å². The zero-order chi connectivity index (χ0) is 12.4. The topological polar surface area (TPSA) is 32.3 Å². The van der Waals surface area contributed by atoms with E-state index in [1.807, 2.05) is 32.0 Å². The Morgan fingerprint density at radius 2 is 2.18 bits per heavy atom. The molecule has 1 aromatic rings. The van der Waals surface area contributed by atoms with E-state index >= 15 is 0 Å². The van der Waals surface area contributed by atoms with Gasteiger partial charge < -0.3 is 10.2 Å². The minimum absolute atomic E-state index is 0.0609. The molecule has 1 atom stereocenters. The summed E-state index contributed by atoms with van der Waals surface area (Å²) in [6.07, 6.45) is 0. The fourth-order valence-corrected chi connectivity index (χ4v) is 2.26. The average Bonchev–Trinajstić information content (AvgIpc) is 2.31. The van der Waals surface area contributed by atoms with Crippen molar-refractivity contribution < 1.29 is 4.79 Å². The number of carbonyl (C=O) groups excluding carboxylic acids is 1. The molecule has 3 nitrogen and oxygen atoms in total. The van der Waals surface area contributed by atoms with E-state index < -0.39 is 0 Å². The van der Waals surface area contributed by atoms with Gasteiger partial charge in [-0.25, -0.2) is 0 Å². The van der Waals surface area contributed by atoms with Crippen molar-refractivity contribution in [2.45, 2.75) is 19.9 Å². The SMILES string of the molecule is Cc1ccc(C)c(C(=O)C2CN(C)CCN2)c1. The van der Waals surface area contributed by atoms with Crippen LogP contribution in [-0.4, -0.2) is 43.4 Å². The first kappa shape index (κ1) is 12.3. The number of nitrogens with zero attached hydrogens (tertiary/aromatic N) is 1. The van der Waals surface area contributed by atoms with Gasteiger partial charge in [-0.2, -0.15) is 0 Å². The smallest absolute Gasteiger partial charge is 0.181 e. The van der Waals surface area contributed by atoms with Gasteiger partial charge in [0.05, 0.1) is 6.04 Å². The van der Waals surface area contributed by atoms with Gasteiger partial charge in [0.2, 0.25) is 0 Å². The van der Waals surface area contributed by atoms with Gasteiger partial charge in [-0.15, -0.1) is 0 Å². The summed E-state index contributed by atoms with van der Waals surface area (Å²) in [5.74, 6) is 0.220.